The summed E-state index contributed by atoms with van der Waals surface area (Å²) in [5.74, 6) is 1.94. The maximum absolute atomic E-state index is 9.94. The van der Waals surface area contributed by atoms with E-state index in [2.05, 4.69) is 13.8 Å². The summed E-state index contributed by atoms with van der Waals surface area (Å²) in [7, 11) is 0. The van der Waals surface area contributed by atoms with Crippen molar-refractivity contribution in [2.24, 2.45) is 0 Å². The van der Waals surface area contributed by atoms with Gasteiger partial charge in [-0.1, -0.05) is 37.6 Å². The number of aliphatic hydroxyl groups is 3. The van der Waals surface area contributed by atoms with Gasteiger partial charge in [0.05, 0.1) is 11.6 Å². The van der Waals surface area contributed by atoms with Gasteiger partial charge in [0.25, 0.3) is 0 Å². The minimum Gasteiger partial charge on any atom is -0.460 e. The Balaban J connectivity index is 1.67. The average molecular weight is 395 g/mol. The molecule has 0 bridgehead atoms. The molecule has 6 nitrogen and oxygen atoms in total. The van der Waals surface area contributed by atoms with Crippen LogP contribution in [0.2, 0.25) is 5.02 Å². The van der Waals surface area contributed by atoms with Crippen molar-refractivity contribution >= 4 is 11.6 Å². The molecule has 1 heterocycles. The first kappa shape index (κ1) is 19.9. The van der Waals surface area contributed by atoms with Gasteiger partial charge in [0, 0.05) is 6.07 Å². The predicted octanol–water partition coefficient (Wildman–Crippen LogP) is 3.07. The Kier molecular flexibility index (Phi) is 6.24. The Morgan fingerprint density at radius 3 is 2.30 bits per heavy atom. The molecule has 2 aromatic carbocycles. The van der Waals surface area contributed by atoms with Crippen LogP contribution in [0.15, 0.2) is 42.5 Å². The molecule has 1 aliphatic heterocycles. The standard InChI is InChI=1S/C20H23ClO6/c1-11(2)12-3-5-13(6-4-12)26-14-7-8-17(15(21)9-14)27-20-19(24)18(23)16(22)10-25-20/h3-9,11,16,18-20,22-24H,10H2,1-2H3/t16-,18-,19+,20+/m0/s1. The summed E-state index contributed by atoms with van der Waals surface area (Å²) < 4.78 is 16.5. The molecule has 0 unspecified atom stereocenters. The van der Waals surface area contributed by atoms with E-state index in [-0.39, 0.29) is 17.4 Å². The highest BCUT2D eigenvalue weighted by Gasteiger charge is 2.39. The fraction of sp³-hybridized carbons (Fsp3) is 0.400. The van der Waals surface area contributed by atoms with E-state index in [4.69, 9.17) is 25.8 Å². The van der Waals surface area contributed by atoms with Crippen LogP contribution in [0.3, 0.4) is 0 Å². The molecule has 1 aliphatic rings. The normalized spacial score (nSPS) is 25.4. The van der Waals surface area contributed by atoms with E-state index < -0.39 is 24.6 Å². The molecule has 0 saturated carbocycles. The Morgan fingerprint density at radius 1 is 1.00 bits per heavy atom. The van der Waals surface area contributed by atoms with Gasteiger partial charge in [-0.15, -0.1) is 0 Å². The summed E-state index contributed by atoms with van der Waals surface area (Å²) in [5, 5.41) is 29.4. The van der Waals surface area contributed by atoms with Gasteiger partial charge in [-0.05, 0) is 35.7 Å². The molecule has 0 amide bonds. The minimum atomic E-state index is -1.39. The van der Waals surface area contributed by atoms with E-state index in [1.807, 2.05) is 24.3 Å². The molecular formula is C20H23ClO6. The first-order chi connectivity index (χ1) is 12.8. The van der Waals surface area contributed by atoms with Crippen molar-refractivity contribution in [2.75, 3.05) is 6.61 Å². The number of hydrogen-bond acceptors (Lipinski definition) is 6. The highest BCUT2D eigenvalue weighted by atomic mass is 35.5. The van der Waals surface area contributed by atoms with Gasteiger partial charge in [0.1, 0.15) is 35.6 Å². The van der Waals surface area contributed by atoms with Crippen LogP contribution < -0.4 is 9.47 Å². The summed E-state index contributed by atoms with van der Waals surface area (Å²) >= 11 is 6.24. The van der Waals surface area contributed by atoms with Crippen LogP contribution in [-0.2, 0) is 4.74 Å². The van der Waals surface area contributed by atoms with Crippen LogP contribution in [0.4, 0.5) is 0 Å². The quantitative estimate of drug-likeness (QED) is 0.722. The van der Waals surface area contributed by atoms with Crippen LogP contribution >= 0.6 is 11.6 Å². The van der Waals surface area contributed by atoms with Crippen LogP contribution in [0.25, 0.3) is 0 Å². The molecule has 3 rings (SSSR count). The maximum Gasteiger partial charge on any atom is 0.228 e. The number of ether oxygens (including phenoxy) is 3. The maximum atomic E-state index is 9.94. The highest BCUT2D eigenvalue weighted by molar-refractivity contribution is 6.32. The predicted molar refractivity (Wildman–Crippen MR) is 100 cm³/mol. The van der Waals surface area contributed by atoms with Gasteiger partial charge in [-0.2, -0.15) is 0 Å². The zero-order chi connectivity index (χ0) is 19.6. The zero-order valence-corrected chi connectivity index (χ0v) is 15.8. The Hall–Kier alpha value is -1.83. The first-order valence-corrected chi connectivity index (χ1v) is 9.13. The summed E-state index contributed by atoms with van der Waals surface area (Å²) in [6, 6.07) is 12.7. The van der Waals surface area contributed by atoms with Crippen LogP contribution in [0, 0.1) is 0 Å². The van der Waals surface area contributed by atoms with Gasteiger partial charge < -0.3 is 29.5 Å². The lowest BCUT2D eigenvalue weighted by Gasteiger charge is -2.35. The number of rotatable bonds is 5. The second kappa shape index (κ2) is 8.46. The van der Waals surface area contributed by atoms with Crippen molar-refractivity contribution in [3.63, 3.8) is 0 Å². The number of aliphatic hydroxyl groups excluding tert-OH is 3. The summed E-state index contributed by atoms with van der Waals surface area (Å²) in [6.45, 7) is 4.11. The van der Waals surface area contributed by atoms with Crippen LogP contribution in [0.5, 0.6) is 17.2 Å². The highest BCUT2D eigenvalue weighted by Crippen LogP contribution is 2.33. The van der Waals surface area contributed by atoms with E-state index in [0.29, 0.717) is 17.4 Å². The third kappa shape index (κ3) is 4.72. The Morgan fingerprint density at radius 2 is 1.67 bits per heavy atom. The molecule has 0 radical (unpaired) electrons. The van der Waals surface area contributed by atoms with E-state index in [1.54, 1.807) is 18.2 Å². The fourth-order valence-electron chi connectivity index (χ4n) is 2.71. The molecule has 3 N–H and O–H groups in total. The summed E-state index contributed by atoms with van der Waals surface area (Å²) in [5.41, 5.74) is 1.22. The van der Waals surface area contributed by atoms with Crippen molar-refractivity contribution in [3.05, 3.63) is 53.1 Å². The van der Waals surface area contributed by atoms with E-state index in [9.17, 15) is 15.3 Å². The molecule has 2 aromatic rings. The van der Waals surface area contributed by atoms with E-state index >= 15 is 0 Å². The molecule has 0 spiro atoms. The second-order valence-corrected chi connectivity index (χ2v) is 7.19. The van der Waals surface area contributed by atoms with Crippen molar-refractivity contribution in [1.29, 1.82) is 0 Å². The Labute approximate surface area is 162 Å². The molecular weight excluding hydrogens is 372 g/mol. The first-order valence-electron chi connectivity index (χ1n) is 8.75. The molecule has 27 heavy (non-hydrogen) atoms. The van der Waals surface area contributed by atoms with Gasteiger partial charge in [0.2, 0.25) is 6.29 Å². The van der Waals surface area contributed by atoms with Gasteiger partial charge in [-0.25, -0.2) is 0 Å². The molecule has 146 valence electrons. The van der Waals surface area contributed by atoms with Crippen LogP contribution in [-0.4, -0.2) is 46.5 Å². The molecule has 4 atom stereocenters. The molecule has 1 saturated heterocycles. The SMILES string of the molecule is CC(C)c1ccc(Oc2ccc(O[C@H]3OC[C@H](O)[C@H](O)[C@H]3O)c(Cl)c2)cc1. The molecule has 1 fully saturated rings. The van der Waals surface area contributed by atoms with Crippen molar-refractivity contribution in [1.82, 2.24) is 0 Å². The lowest BCUT2D eigenvalue weighted by atomic mass is 10.0. The van der Waals surface area contributed by atoms with Gasteiger partial charge >= 0.3 is 0 Å². The largest absolute Gasteiger partial charge is 0.460 e. The number of halogens is 1. The molecule has 0 aliphatic carbocycles. The monoisotopic (exact) mass is 394 g/mol. The smallest absolute Gasteiger partial charge is 0.228 e. The zero-order valence-electron chi connectivity index (χ0n) is 15.1. The summed E-state index contributed by atoms with van der Waals surface area (Å²) in [4.78, 5) is 0. The van der Waals surface area contributed by atoms with Crippen molar-refractivity contribution < 1.29 is 29.5 Å². The fourth-order valence-corrected chi connectivity index (χ4v) is 2.92. The number of hydrogen-bond donors (Lipinski definition) is 3. The number of benzene rings is 2. The Bertz CT molecular complexity index is 764. The minimum absolute atomic E-state index is 0.145. The lowest BCUT2D eigenvalue weighted by Crippen LogP contribution is -2.54. The lowest BCUT2D eigenvalue weighted by molar-refractivity contribution is -0.242. The topological polar surface area (TPSA) is 88.4 Å². The van der Waals surface area contributed by atoms with E-state index in [1.165, 1.54) is 5.56 Å². The van der Waals surface area contributed by atoms with Crippen LogP contribution in [0.1, 0.15) is 25.3 Å². The average Bonchev–Trinajstić information content (AvgIpc) is 2.64. The molecule has 0 aromatic heterocycles. The van der Waals surface area contributed by atoms with Crippen molar-refractivity contribution in [3.8, 4) is 17.2 Å². The second-order valence-electron chi connectivity index (χ2n) is 6.79. The van der Waals surface area contributed by atoms with E-state index in [0.717, 1.165) is 0 Å². The third-order valence-corrected chi connectivity index (χ3v) is 4.68. The molecule has 7 heteroatoms. The van der Waals surface area contributed by atoms with Crippen molar-refractivity contribution in [2.45, 2.75) is 44.4 Å². The van der Waals surface area contributed by atoms with Gasteiger partial charge in [0.15, 0.2) is 0 Å². The summed E-state index contributed by atoms with van der Waals surface area (Å²) in [6.07, 6.45) is -5.02. The third-order valence-electron chi connectivity index (χ3n) is 4.38. The van der Waals surface area contributed by atoms with Gasteiger partial charge in [-0.3, -0.25) is 0 Å².